The predicted molar refractivity (Wildman–Crippen MR) is 137 cm³/mol. The minimum atomic E-state index is -0.394. The Morgan fingerprint density at radius 1 is 1.00 bits per heavy atom. The highest BCUT2D eigenvalue weighted by Crippen LogP contribution is 2.28. The van der Waals surface area contributed by atoms with Crippen molar-refractivity contribution in [3.8, 4) is 11.5 Å². The van der Waals surface area contributed by atoms with Crippen molar-refractivity contribution in [1.82, 2.24) is 0 Å². The average Bonchev–Trinajstić information content (AvgIpc) is 2.90. The summed E-state index contributed by atoms with van der Waals surface area (Å²) in [5.41, 5.74) is 2.40. The fraction of sp³-hybridized carbons (Fsp3) is 0.483. The van der Waals surface area contributed by atoms with Crippen molar-refractivity contribution < 1.29 is 33.2 Å². The molecule has 0 fully saturated rings. The lowest BCUT2D eigenvalue weighted by atomic mass is 9.93. The monoisotopic (exact) mass is 498 g/mol. The van der Waals surface area contributed by atoms with Gasteiger partial charge in [0.05, 0.1) is 33.5 Å². The molecule has 0 spiro atoms. The number of ether oxygens (including phenoxy) is 6. The quantitative estimate of drug-likeness (QED) is 0.189. The van der Waals surface area contributed by atoms with Crippen LogP contribution < -0.4 is 9.47 Å². The van der Waals surface area contributed by atoms with Crippen LogP contribution >= 0.6 is 0 Å². The second kappa shape index (κ2) is 14.6. The molecule has 1 aliphatic heterocycles. The molecule has 3 atom stereocenters. The molecule has 0 aromatic heterocycles. The Balaban J connectivity index is 1.75. The highest BCUT2D eigenvalue weighted by Gasteiger charge is 2.28. The number of rotatable bonds is 10. The zero-order valence-corrected chi connectivity index (χ0v) is 21.7. The Hall–Kier alpha value is -2.87. The number of cyclic esters (lactones) is 1. The summed E-state index contributed by atoms with van der Waals surface area (Å²) >= 11 is 0. The van der Waals surface area contributed by atoms with Gasteiger partial charge in [0, 0.05) is 20.0 Å². The molecule has 7 heteroatoms. The number of methoxy groups -OCH3 is 3. The third-order valence-electron chi connectivity index (χ3n) is 6.36. The van der Waals surface area contributed by atoms with Crippen molar-refractivity contribution >= 4 is 5.97 Å². The van der Waals surface area contributed by atoms with Gasteiger partial charge in [0.2, 0.25) is 0 Å². The number of carbonyl (C=O) groups is 1. The fourth-order valence-electron chi connectivity index (χ4n) is 4.26. The first-order chi connectivity index (χ1) is 17.5. The SMILES string of the molecule is COCO[C@@H]1CC(CCOCc2ccc(OC)cc2)OC(=O)c2c(cccc2OC)CC=CC[C@@H]1C. The largest absolute Gasteiger partial charge is 0.497 e. The lowest BCUT2D eigenvalue weighted by Gasteiger charge is -2.28. The molecule has 0 aliphatic carbocycles. The van der Waals surface area contributed by atoms with Gasteiger partial charge in [0.25, 0.3) is 0 Å². The second-order valence-electron chi connectivity index (χ2n) is 8.95. The van der Waals surface area contributed by atoms with Gasteiger partial charge in [-0.2, -0.15) is 0 Å². The summed E-state index contributed by atoms with van der Waals surface area (Å²) in [5, 5.41) is 0. The van der Waals surface area contributed by atoms with Crippen molar-refractivity contribution in [2.24, 2.45) is 5.92 Å². The van der Waals surface area contributed by atoms with Crippen LogP contribution in [0, 0.1) is 5.92 Å². The summed E-state index contributed by atoms with van der Waals surface area (Å²) < 4.78 is 33.9. The molecule has 36 heavy (non-hydrogen) atoms. The topological polar surface area (TPSA) is 72.5 Å². The normalized spacial score (nSPS) is 20.6. The van der Waals surface area contributed by atoms with Crippen molar-refractivity contribution in [2.75, 3.05) is 34.7 Å². The van der Waals surface area contributed by atoms with Gasteiger partial charge in [-0.1, -0.05) is 43.3 Å². The van der Waals surface area contributed by atoms with Crippen molar-refractivity contribution in [3.63, 3.8) is 0 Å². The molecule has 0 radical (unpaired) electrons. The lowest BCUT2D eigenvalue weighted by molar-refractivity contribution is -0.104. The van der Waals surface area contributed by atoms with Crippen LogP contribution in [-0.4, -0.2) is 52.9 Å². The molecule has 0 saturated heterocycles. The summed E-state index contributed by atoms with van der Waals surface area (Å²) in [6.07, 6.45) is 6.26. The van der Waals surface area contributed by atoms with Crippen LogP contribution in [0.25, 0.3) is 0 Å². The summed E-state index contributed by atoms with van der Waals surface area (Å²) in [6, 6.07) is 13.4. The number of esters is 1. The number of carbonyl (C=O) groups excluding carboxylic acids is 1. The molecular formula is C29H38O7. The maximum Gasteiger partial charge on any atom is 0.342 e. The third kappa shape index (κ3) is 8.08. The molecule has 1 aliphatic rings. The molecule has 0 saturated carbocycles. The van der Waals surface area contributed by atoms with E-state index in [2.05, 4.69) is 19.1 Å². The third-order valence-corrected chi connectivity index (χ3v) is 6.36. The Labute approximate surface area is 214 Å². The number of hydrogen-bond acceptors (Lipinski definition) is 7. The van der Waals surface area contributed by atoms with E-state index in [0.29, 0.717) is 43.8 Å². The van der Waals surface area contributed by atoms with E-state index in [-0.39, 0.29) is 24.9 Å². The molecule has 7 nitrogen and oxygen atoms in total. The molecule has 0 N–H and O–H groups in total. The molecule has 1 unspecified atom stereocenters. The lowest BCUT2D eigenvalue weighted by Crippen LogP contribution is -2.32. The first-order valence-electron chi connectivity index (χ1n) is 12.4. The van der Waals surface area contributed by atoms with Crippen LogP contribution in [0.1, 0.15) is 47.7 Å². The van der Waals surface area contributed by atoms with Crippen molar-refractivity contribution in [3.05, 3.63) is 71.3 Å². The molecule has 2 aromatic rings. The maximum atomic E-state index is 13.4. The van der Waals surface area contributed by atoms with E-state index in [4.69, 9.17) is 28.4 Å². The van der Waals surface area contributed by atoms with E-state index in [1.807, 2.05) is 36.4 Å². The minimum absolute atomic E-state index is 0.134. The molecule has 1 heterocycles. The molecule has 3 rings (SSSR count). The summed E-state index contributed by atoms with van der Waals surface area (Å²) in [6.45, 7) is 3.23. The van der Waals surface area contributed by atoms with E-state index in [0.717, 1.165) is 23.3 Å². The van der Waals surface area contributed by atoms with E-state index in [9.17, 15) is 4.79 Å². The Bertz CT molecular complexity index is 970. The second-order valence-corrected chi connectivity index (χ2v) is 8.95. The van der Waals surface area contributed by atoms with Gasteiger partial charge in [-0.25, -0.2) is 4.79 Å². The standard InChI is InChI=1S/C29H38O7/c1-21-8-5-6-9-23-10-7-11-26(33-4)28(23)29(30)36-25(18-27(21)35-20-31-2)16-17-34-19-22-12-14-24(32-3)15-13-22/h5-7,10-15,21,25,27H,8-9,16-20H2,1-4H3/t21-,25?,27+/m0/s1. The van der Waals surface area contributed by atoms with Gasteiger partial charge >= 0.3 is 5.97 Å². The summed E-state index contributed by atoms with van der Waals surface area (Å²) in [5.74, 6) is 1.15. The van der Waals surface area contributed by atoms with Gasteiger partial charge in [-0.3, -0.25) is 0 Å². The van der Waals surface area contributed by atoms with E-state index in [1.165, 1.54) is 0 Å². The highest BCUT2D eigenvalue weighted by atomic mass is 16.7. The number of benzene rings is 2. The molecule has 196 valence electrons. The van der Waals surface area contributed by atoms with E-state index in [1.54, 1.807) is 27.4 Å². The van der Waals surface area contributed by atoms with Crippen LogP contribution in [0.2, 0.25) is 0 Å². The van der Waals surface area contributed by atoms with Gasteiger partial charge in [-0.15, -0.1) is 0 Å². The van der Waals surface area contributed by atoms with Crippen LogP contribution in [0.3, 0.4) is 0 Å². The van der Waals surface area contributed by atoms with Gasteiger partial charge < -0.3 is 28.4 Å². The Kier molecular flexibility index (Phi) is 11.3. The first-order valence-corrected chi connectivity index (χ1v) is 12.4. The number of hydrogen-bond donors (Lipinski definition) is 0. The zero-order chi connectivity index (χ0) is 25.8. The van der Waals surface area contributed by atoms with Crippen LogP contribution in [-0.2, 0) is 32.0 Å². The zero-order valence-electron chi connectivity index (χ0n) is 21.7. The van der Waals surface area contributed by atoms with Crippen molar-refractivity contribution in [1.29, 1.82) is 0 Å². The smallest absolute Gasteiger partial charge is 0.342 e. The van der Waals surface area contributed by atoms with Gasteiger partial charge in [0.15, 0.2) is 0 Å². The van der Waals surface area contributed by atoms with E-state index >= 15 is 0 Å². The maximum absolute atomic E-state index is 13.4. The van der Waals surface area contributed by atoms with Crippen molar-refractivity contribution in [2.45, 2.75) is 51.4 Å². The van der Waals surface area contributed by atoms with Crippen LogP contribution in [0.15, 0.2) is 54.6 Å². The first kappa shape index (κ1) is 27.7. The van der Waals surface area contributed by atoms with Gasteiger partial charge in [-0.05, 0) is 48.1 Å². The molecule has 0 amide bonds. The Morgan fingerprint density at radius 2 is 1.81 bits per heavy atom. The van der Waals surface area contributed by atoms with Crippen LogP contribution in [0.5, 0.6) is 11.5 Å². The molecular weight excluding hydrogens is 460 g/mol. The Morgan fingerprint density at radius 3 is 2.53 bits per heavy atom. The fourth-order valence-corrected chi connectivity index (χ4v) is 4.26. The molecule has 2 aromatic carbocycles. The number of fused-ring (bicyclic) bond motifs is 1. The number of allylic oxidation sites excluding steroid dienone is 2. The minimum Gasteiger partial charge on any atom is -0.497 e. The van der Waals surface area contributed by atoms with E-state index < -0.39 is 5.97 Å². The predicted octanol–water partition coefficient (Wildman–Crippen LogP) is 5.35. The van der Waals surface area contributed by atoms with Gasteiger partial charge in [0.1, 0.15) is 30.0 Å². The summed E-state index contributed by atoms with van der Waals surface area (Å²) in [4.78, 5) is 13.4. The van der Waals surface area contributed by atoms with Crippen LogP contribution in [0.4, 0.5) is 0 Å². The average molecular weight is 499 g/mol. The highest BCUT2D eigenvalue weighted by molar-refractivity contribution is 5.94. The molecule has 0 bridgehead atoms. The summed E-state index contributed by atoms with van der Waals surface area (Å²) in [7, 11) is 4.81.